The quantitative estimate of drug-likeness (QED) is 0.795. The van der Waals surface area contributed by atoms with Crippen molar-refractivity contribution in [3.05, 3.63) is 24.3 Å². The minimum atomic E-state index is -3.41. The molecule has 0 radical (unpaired) electrons. The molecule has 0 aromatic heterocycles. The van der Waals surface area contributed by atoms with Crippen LogP contribution in [0.25, 0.3) is 0 Å². The van der Waals surface area contributed by atoms with Crippen molar-refractivity contribution in [2.24, 2.45) is 0 Å². The van der Waals surface area contributed by atoms with Crippen LogP contribution in [0.4, 0.5) is 5.69 Å². The highest BCUT2D eigenvalue weighted by Gasteiger charge is 2.23. The molecule has 0 bridgehead atoms. The molecule has 1 aromatic rings. The van der Waals surface area contributed by atoms with Gasteiger partial charge in [0.15, 0.2) is 0 Å². The number of thioether (sulfide) groups is 1. The van der Waals surface area contributed by atoms with Crippen LogP contribution in [0.1, 0.15) is 6.42 Å². The first kappa shape index (κ1) is 11.8. The second-order valence-corrected chi connectivity index (χ2v) is 6.62. The van der Waals surface area contributed by atoms with E-state index in [0.29, 0.717) is 5.69 Å². The fraction of sp³-hybridized carbons (Fsp3) is 0.400. The van der Waals surface area contributed by atoms with Crippen LogP contribution in [-0.4, -0.2) is 26.0 Å². The molecular weight excluding hydrogens is 244 g/mol. The molecule has 1 aromatic carbocycles. The number of sulfonamides is 1. The summed E-state index contributed by atoms with van der Waals surface area (Å²) in [5.41, 5.74) is 6.03. The second kappa shape index (κ2) is 4.65. The molecule has 2 rings (SSSR count). The number of rotatable bonds is 3. The van der Waals surface area contributed by atoms with Gasteiger partial charge >= 0.3 is 0 Å². The van der Waals surface area contributed by atoms with Gasteiger partial charge < -0.3 is 5.73 Å². The lowest BCUT2D eigenvalue weighted by Crippen LogP contribution is -2.34. The van der Waals surface area contributed by atoms with Gasteiger partial charge in [-0.25, -0.2) is 13.1 Å². The van der Waals surface area contributed by atoms with Gasteiger partial charge in [-0.1, -0.05) is 6.07 Å². The fourth-order valence-corrected chi connectivity index (χ4v) is 4.18. The Kier molecular flexibility index (Phi) is 3.41. The maximum atomic E-state index is 12.0. The number of hydrogen-bond donors (Lipinski definition) is 2. The van der Waals surface area contributed by atoms with Crippen molar-refractivity contribution in [1.29, 1.82) is 0 Å². The normalized spacial score (nSPS) is 21.1. The first-order valence-corrected chi connectivity index (χ1v) is 7.67. The van der Waals surface area contributed by atoms with Gasteiger partial charge in [0, 0.05) is 17.5 Å². The third kappa shape index (κ3) is 2.69. The van der Waals surface area contributed by atoms with Gasteiger partial charge in [0.2, 0.25) is 10.0 Å². The Morgan fingerprint density at radius 2 is 2.25 bits per heavy atom. The summed E-state index contributed by atoms with van der Waals surface area (Å²) in [5, 5.41) is 0. The van der Waals surface area contributed by atoms with Crippen molar-refractivity contribution in [2.75, 3.05) is 17.2 Å². The molecule has 1 atom stereocenters. The minimum Gasteiger partial charge on any atom is -0.399 e. The van der Waals surface area contributed by atoms with Crippen molar-refractivity contribution in [2.45, 2.75) is 17.4 Å². The number of hydrogen-bond acceptors (Lipinski definition) is 4. The third-order valence-electron chi connectivity index (χ3n) is 2.42. The zero-order valence-electron chi connectivity index (χ0n) is 8.72. The van der Waals surface area contributed by atoms with Crippen LogP contribution in [0.3, 0.4) is 0 Å². The largest absolute Gasteiger partial charge is 0.399 e. The van der Waals surface area contributed by atoms with E-state index in [1.54, 1.807) is 30.0 Å². The first-order valence-electron chi connectivity index (χ1n) is 5.03. The Hall–Kier alpha value is -0.720. The lowest BCUT2D eigenvalue weighted by atomic mass is 10.3. The summed E-state index contributed by atoms with van der Waals surface area (Å²) >= 11 is 1.77. The van der Waals surface area contributed by atoms with Crippen LogP contribution in [0.2, 0.25) is 0 Å². The smallest absolute Gasteiger partial charge is 0.240 e. The lowest BCUT2D eigenvalue weighted by molar-refractivity contribution is 0.563. The molecule has 1 heterocycles. The Morgan fingerprint density at radius 1 is 1.44 bits per heavy atom. The van der Waals surface area contributed by atoms with Crippen LogP contribution < -0.4 is 10.5 Å². The van der Waals surface area contributed by atoms with Gasteiger partial charge in [0.25, 0.3) is 0 Å². The van der Waals surface area contributed by atoms with Crippen LogP contribution in [0, 0.1) is 0 Å². The van der Waals surface area contributed by atoms with E-state index in [-0.39, 0.29) is 10.9 Å². The Labute approximate surface area is 99.7 Å². The molecule has 4 nitrogen and oxygen atoms in total. The van der Waals surface area contributed by atoms with E-state index in [1.807, 2.05) is 0 Å². The highest BCUT2D eigenvalue weighted by atomic mass is 32.2. The van der Waals surface area contributed by atoms with Crippen molar-refractivity contribution in [1.82, 2.24) is 4.72 Å². The molecule has 3 N–H and O–H groups in total. The van der Waals surface area contributed by atoms with Crippen molar-refractivity contribution >= 4 is 27.5 Å². The van der Waals surface area contributed by atoms with Crippen LogP contribution in [0.5, 0.6) is 0 Å². The molecule has 1 aliphatic heterocycles. The molecule has 0 aliphatic carbocycles. The highest BCUT2D eigenvalue weighted by molar-refractivity contribution is 7.99. The summed E-state index contributed by atoms with van der Waals surface area (Å²) < 4.78 is 26.6. The zero-order chi connectivity index (χ0) is 11.6. The molecule has 0 saturated carbocycles. The Bertz CT molecular complexity index is 467. The molecule has 1 aliphatic rings. The van der Waals surface area contributed by atoms with E-state index in [0.717, 1.165) is 17.9 Å². The summed E-state index contributed by atoms with van der Waals surface area (Å²) in [6.45, 7) is 0. The lowest BCUT2D eigenvalue weighted by Gasteiger charge is -2.12. The molecular formula is C10H14N2O2S2. The number of anilines is 1. The van der Waals surface area contributed by atoms with E-state index in [4.69, 9.17) is 5.73 Å². The molecule has 0 spiro atoms. The van der Waals surface area contributed by atoms with Gasteiger partial charge in [-0.3, -0.25) is 0 Å². The highest BCUT2D eigenvalue weighted by Crippen LogP contribution is 2.20. The van der Waals surface area contributed by atoms with E-state index in [9.17, 15) is 8.42 Å². The number of nitrogen functional groups attached to an aromatic ring is 1. The molecule has 16 heavy (non-hydrogen) atoms. The summed E-state index contributed by atoms with van der Waals surface area (Å²) in [6.07, 6.45) is 0.895. The predicted molar refractivity (Wildman–Crippen MR) is 66.9 cm³/mol. The van der Waals surface area contributed by atoms with E-state index >= 15 is 0 Å². The molecule has 1 unspecified atom stereocenters. The maximum Gasteiger partial charge on any atom is 0.240 e. The van der Waals surface area contributed by atoms with Gasteiger partial charge in [-0.15, -0.1) is 0 Å². The summed E-state index contributed by atoms with van der Waals surface area (Å²) in [7, 11) is -3.41. The number of benzene rings is 1. The Balaban J connectivity index is 2.18. The van der Waals surface area contributed by atoms with Gasteiger partial charge in [0.05, 0.1) is 4.90 Å². The summed E-state index contributed by atoms with van der Waals surface area (Å²) in [6, 6.07) is 6.40. The predicted octanol–water partition coefficient (Wildman–Crippen LogP) is 1.05. The third-order valence-corrected chi connectivity index (χ3v) is 5.10. The maximum absolute atomic E-state index is 12.0. The molecule has 88 valence electrons. The SMILES string of the molecule is Nc1cccc(S(=O)(=O)NC2CCSC2)c1. The minimum absolute atomic E-state index is 0.0523. The van der Waals surface area contributed by atoms with E-state index in [1.165, 1.54) is 6.07 Å². The number of nitrogens with one attached hydrogen (secondary N) is 1. The average Bonchev–Trinajstić information content (AvgIpc) is 2.70. The van der Waals surface area contributed by atoms with Gasteiger partial charge in [0.1, 0.15) is 0 Å². The standard InChI is InChI=1S/C10H14N2O2S2/c11-8-2-1-3-10(6-8)16(13,14)12-9-4-5-15-7-9/h1-3,6,9,12H,4-5,7,11H2. The first-order chi connectivity index (χ1) is 7.58. The van der Waals surface area contributed by atoms with Gasteiger partial charge in [-0.2, -0.15) is 11.8 Å². The fourth-order valence-electron chi connectivity index (χ4n) is 1.60. The Morgan fingerprint density at radius 3 is 2.88 bits per heavy atom. The second-order valence-electron chi connectivity index (χ2n) is 3.75. The summed E-state index contributed by atoms with van der Waals surface area (Å²) in [4.78, 5) is 0.240. The average molecular weight is 258 g/mol. The van der Waals surface area contributed by atoms with E-state index in [2.05, 4.69) is 4.72 Å². The zero-order valence-corrected chi connectivity index (χ0v) is 10.4. The van der Waals surface area contributed by atoms with Crippen LogP contribution in [-0.2, 0) is 10.0 Å². The summed E-state index contributed by atoms with van der Waals surface area (Å²) in [5.74, 6) is 1.87. The van der Waals surface area contributed by atoms with Crippen LogP contribution in [0.15, 0.2) is 29.2 Å². The monoisotopic (exact) mass is 258 g/mol. The molecule has 1 saturated heterocycles. The van der Waals surface area contributed by atoms with Crippen LogP contribution >= 0.6 is 11.8 Å². The van der Waals surface area contributed by atoms with E-state index < -0.39 is 10.0 Å². The molecule has 0 amide bonds. The topological polar surface area (TPSA) is 72.2 Å². The van der Waals surface area contributed by atoms with Crippen molar-refractivity contribution in [3.8, 4) is 0 Å². The molecule has 1 fully saturated rings. The van der Waals surface area contributed by atoms with Crippen molar-refractivity contribution < 1.29 is 8.42 Å². The van der Waals surface area contributed by atoms with Crippen molar-refractivity contribution in [3.63, 3.8) is 0 Å². The molecule has 6 heteroatoms. The number of nitrogens with two attached hydrogens (primary N) is 1. The van der Waals surface area contributed by atoms with Gasteiger partial charge in [-0.05, 0) is 30.4 Å².